The Morgan fingerprint density at radius 1 is 0.971 bits per heavy atom. The second-order valence-corrected chi connectivity index (χ2v) is 7.34. The molecule has 3 rings (SSSR count). The third kappa shape index (κ3) is 4.26. The fourth-order valence-electron chi connectivity index (χ4n) is 3.36. The van der Waals surface area contributed by atoms with Gasteiger partial charge in [-0.1, -0.05) is 17.3 Å². The molecule has 3 aromatic rings. The smallest absolute Gasteiger partial charge is 0.449 e. The first-order valence-electron chi connectivity index (χ1n) is 9.31. The number of hydrogen-bond acceptors (Lipinski definition) is 5. The Morgan fingerprint density at radius 3 is 2.03 bits per heavy atom. The minimum atomic E-state index is -6.24. The van der Waals surface area contributed by atoms with Gasteiger partial charge in [0, 0.05) is 17.3 Å². The molecule has 182 valence electrons. The maximum Gasteiger partial charge on any atom is 0.511 e. The lowest BCUT2D eigenvalue weighted by molar-refractivity contribution is -0.348. The van der Waals surface area contributed by atoms with E-state index >= 15 is 0 Å². The maximum atomic E-state index is 14.5. The predicted octanol–water partition coefficient (Wildman–Crippen LogP) is 5.60. The Bertz CT molecular complexity index is 1210. The molecule has 1 aromatic carbocycles. The first kappa shape index (κ1) is 24.9. The maximum absolute atomic E-state index is 14.5. The number of hydrogen-bond donors (Lipinski definition) is 1. The number of ether oxygens (including phenoxy) is 1. The number of rotatable bonds is 4. The summed E-state index contributed by atoms with van der Waals surface area (Å²) in [5.74, 6) is -0.0742. The van der Waals surface area contributed by atoms with Gasteiger partial charge in [-0.05, 0) is 38.0 Å². The van der Waals surface area contributed by atoms with Crippen LogP contribution in [0.15, 0.2) is 30.6 Å². The minimum absolute atomic E-state index is 0.0742. The molecule has 2 heterocycles. The van der Waals surface area contributed by atoms with Crippen molar-refractivity contribution in [2.24, 2.45) is 0 Å². The Labute approximate surface area is 186 Å². The van der Waals surface area contributed by atoms with Gasteiger partial charge in [0.1, 0.15) is 5.69 Å². The zero-order valence-electron chi connectivity index (χ0n) is 17.6. The lowest BCUT2D eigenvalue weighted by Crippen LogP contribution is -2.50. The Kier molecular flexibility index (Phi) is 6.05. The van der Waals surface area contributed by atoms with Crippen LogP contribution in [0.1, 0.15) is 22.4 Å². The summed E-state index contributed by atoms with van der Waals surface area (Å²) in [5, 5.41) is 16.5. The van der Waals surface area contributed by atoms with Gasteiger partial charge >= 0.3 is 24.2 Å². The van der Waals surface area contributed by atoms with E-state index in [-0.39, 0.29) is 39.5 Å². The van der Waals surface area contributed by atoms with E-state index < -0.39 is 29.7 Å². The van der Waals surface area contributed by atoms with Crippen molar-refractivity contribution < 1.29 is 45.4 Å². The van der Waals surface area contributed by atoms with Crippen LogP contribution in [0.25, 0.3) is 16.9 Å². The molecule has 0 unspecified atom stereocenters. The summed E-state index contributed by atoms with van der Waals surface area (Å²) in [6.07, 6.45) is -11.4. The summed E-state index contributed by atoms with van der Waals surface area (Å²) >= 11 is 0. The second kappa shape index (κ2) is 8.25. The molecule has 0 aliphatic carbocycles. The molecular formula is C20H15F7N4O3. The molecule has 0 fully saturated rings. The Morgan fingerprint density at radius 2 is 1.53 bits per heavy atom. The second-order valence-electron chi connectivity index (χ2n) is 7.34. The van der Waals surface area contributed by atoms with Crippen molar-refractivity contribution in [3.05, 3.63) is 53.0 Å². The number of carboxylic acid groups (broad SMARTS) is 1. The van der Waals surface area contributed by atoms with E-state index in [1.54, 1.807) is 0 Å². The molecule has 0 saturated carbocycles. The molecule has 0 amide bonds. The van der Waals surface area contributed by atoms with E-state index in [1.165, 1.54) is 39.2 Å². The van der Waals surface area contributed by atoms with Gasteiger partial charge in [-0.25, -0.2) is 13.9 Å². The number of halogens is 7. The van der Waals surface area contributed by atoms with Gasteiger partial charge in [0.05, 0.1) is 17.6 Å². The Balaban J connectivity index is 2.07. The third-order valence-electron chi connectivity index (χ3n) is 4.93. The number of alkyl halides is 7. The van der Waals surface area contributed by atoms with E-state index in [2.05, 4.69) is 20.0 Å². The van der Waals surface area contributed by atoms with Crippen LogP contribution in [0.4, 0.5) is 35.5 Å². The molecule has 2 aromatic heterocycles. The van der Waals surface area contributed by atoms with Crippen LogP contribution in [0.2, 0.25) is 0 Å². The van der Waals surface area contributed by atoms with Crippen LogP contribution < -0.4 is 4.74 Å². The van der Waals surface area contributed by atoms with Crippen LogP contribution in [0.5, 0.6) is 5.75 Å². The number of nitrogens with zero attached hydrogens (tertiary/aromatic N) is 4. The van der Waals surface area contributed by atoms with E-state index in [0.717, 1.165) is 4.68 Å². The molecule has 1 N–H and O–H groups in total. The summed E-state index contributed by atoms with van der Waals surface area (Å²) in [5.41, 5.74) is -6.65. The largest absolute Gasteiger partial charge is 0.511 e. The number of pyridine rings is 1. The van der Waals surface area contributed by atoms with Gasteiger partial charge in [0.2, 0.25) is 0 Å². The van der Waals surface area contributed by atoms with Crippen molar-refractivity contribution in [2.75, 3.05) is 0 Å². The van der Waals surface area contributed by atoms with Crippen LogP contribution in [0, 0.1) is 20.8 Å². The van der Waals surface area contributed by atoms with E-state index in [4.69, 9.17) is 5.11 Å². The SMILES string of the molecule is Cc1cc(C(F)(C(F)(F)F)C(F)(F)F)cc(C)c1-n1cc(-c2cnc(C)c(OC(=O)O)c2)nn1. The van der Waals surface area contributed by atoms with E-state index in [1.807, 2.05) is 0 Å². The first-order chi connectivity index (χ1) is 15.6. The molecule has 0 saturated heterocycles. The van der Waals surface area contributed by atoms with Gasteiger partial charge < -0.3 is 9.84 Å². The van der Waals surface area contributed by atoms with Gasteiger partial charge in [0.15, 0.2) is 5.75 Å². The normalized spacial score (nSPS) is 12.6. The number of aromatic nitrogens is 4. The summed E-state index contributed by atoms with van der Waals surface area (Å²) < 4.78 is 98.9. The fourth-order valence-corrected chi connectivity index (χ4v) is 3.36. The molecular weight excluding hydrogens is 477 g/mol. The third-order valence-corrected chi connectivity index (χ3v) is 4.93. The molecule has 34 heavy (non-hydrogen) atoms. The predicted molar refractivity (Wildman–Crippen MR) is 102 cm³/mol. The quantitative estimate of drug-likeness (QED) is 0.377. The van der Waals surface area contributed by atoms with Crippen molar-refractivity contribution in [2.45, 2.75) is 38.8 Å². The van der Waals surface area contributed by atoms with E-state index in [9.17, 15) is 35.5 Å². The highest BCUT2D eigenvalue weighted by molar-refractivity contribution is 5.65. The van der Waals surface area contributed by atoms with Crippen LogP contribution in [-0.2, 0) is 5.67 Å². The highest BCUT2D eigenvalue weighted by Crippen LogP contribution is 2.53. The average molecular weight is 492 g/mol. The van der Waals surface area contributed by atoms with Crippen LogP contribution in [-0.4, -0.2) is 43.6 Å². The zero-order valence-corrected chi connectivity index (χ0v) is 17.6. The lowest BCUT2D eigenvalue weighted by atomic mass is 9.90. The van der Waals surface area contributed by atoms with Crippen molar-refractivity contribution in [1.82, 2.24) is 20.0 Å². The topological polar surface area (TPSA) is 90.1 Å². The van der Waals surface area contributed by atoms with Gasteiger partial charge in [0.25, 0.3) is 0 Å². The van der Waals surface area contributed by atoms with Crippen molar-refractivity contribution in [3.8, 4) is 22.7 Å². The summed E-state index contributed by atoms with van der Waals surface area (Å²) in [6.45, 7) is 3.90. The number of aryl methyl sites for hydroxylation is 3. The molecule has 14 heteroatoms. The summed E-state index contributed by atoms with van der Waals surface area (Å²) in [4.78, 5) is 14.8. The number of carbonyl (C=O) groups is 1. The highest BCUT2D eigenvalue weighted by atomic mass is 19.4. The molecule has 0 spiro atoms. The highest BCUT2D eigenvalue weighted by Gasteiger charge is 2.73. The first-order valence-corrected chi connectivity index (χ1v) is 9.31. The summed E-state index contributed by atoms with van der Waals surface area (Å²) in [7, 11) is 0. The molecule has 0 aliphatic rings. The van der Waals surface area contributed by atoms with Crippen LogP contribution >= 0.6 is 0 Å². The van der Waals surface area contributed by atoms with Crippen molar-refractivity contribution in [1.29, 1.82) is 0 Å². The molecule has 7 nitrogen and oxygen atoms in total. The zero-order chi connectivity index (χ0) is 25.6. The average Bonchev–Trinajstić information content (AvgIpc) is 3.16. The molecule has 0 aliphatic heterocycles. The minimum Gasteiger partial charge on any atom is -0.449 e. The van der Waals surface area contributed by atoms with Gasteiger partial charge in [-0.15, -0.1) is 5.10 Å². The monoisotopic (exact) mass is 492 g/mol. The Hall–Kier alpha value is -3.71. The standard InChI is InChI=1S/C20H15F7N4O3/c1-9-4-13(18(21,19(22,23)24)20(25,26)27)5-10(2)16(9)31-8-14(29-30-31)12-6-15(34-17(32)33)11(3)28-7-12/h4-8H,1-3H3,(H,32,33). The van der Waals surface area contributed by atoms with E-state index in [0.29, 0.717) is 12.1 Å². The summed E-state index contributed by atoms with van der Waals surface area (Å²) in [6, 6.07) is 2.23. The van der Waals surface area contributed by atoms with Crippen molar-refractivity contribution >= 4 is 6.16 Å². The fraction of sp³-hybridized carbons (Fsp3) is 0.300. The van der Waals surface area contributed by atoms with Crippen molar-refractivity contribution in [3.63, 3.8) is 0 Å². The lowest BCUT2D eigenvalue weighted by Gasteiger charge is -2.31. The number of benzene rings is 1. The molecule has 0 radical (unpaired) electrons. The van der Waals surface area contributed by atoms with Crippen LogP contribution in [0.3, 0.4) is 0 Å². The molecule has 0 atom stereocenters. The van der Waals surface area contributed by atoms with Gasteiger partial charge in [-0.3, -0.25) is 4.98 Å². The van der Waals surface area contributed by atoms with Gasteiger partial charge in [-0.2, -0.15) is 26.3 Å². The molecule has 0 bridgehead atoms.